The maximum Gasteiger partial charge on any atom is 0.129 e. The van der Waals surface area contributed by atoms with Crippen molar-refractivity contribution in [3.8, 4) is 18.4 Å². The molecule has 2 nitrogen and oxygen atoms in total. The lowest BCUT2D eigenvalue weighted by Crippen LogP contribution is -2.26. The second-order valence-electron chi connectivity index (χ2n) is 3.43. The van der Waals surface area contributed by atoms with Gasteiger partial charge in [-0.15, -0.1) is 6.42 Å². The minimum Gasteiger partial charge on any atom is -0.299 e. The zero-order valence-electron chi connectivity index (χ0n) is 9.13. The summed E-state index contributed by atoms with van der Waals surface area (Å²) in [6.45, 7) is 2.34. The van der Waals surface area contributed by atoms with Gasteiger partial charge in [-0.25, -0.2) is 4.39 Å². The highest BCUT2D eigenvalue weighted by Gasteiger charge is 2.05. The topological polar surface area (TPSA) is 35.8 Å². The van der Waals surface area contributed by atoms with Crippen LogP contribution in [0.2, 0.25) is 0 Å². The second kappa shape index (κ2) is 5.90. The SMILES string of the molecule is C#CC(CC)NCc1ccc(C#N)cc1F. The molecular weight excluding hydrogens is 203 g/mol. The van der Waals surface area contributed by atoms with Gasteiger partial charge in [-0.3, -0.25) is 5.32 Å². The first-order chi connectivity index (χ1) is 7.71. The van der Waals surface area contributed by atoms with Crippen molar-refractivity contribution in [3.05, 3.63) is 35.1 Å². The Labute approximate surface area is 95.1 Å². The molecule has 0 radical (unpaired) electrons. The van der Waals surface area contributed by atoms with Crippen molar-refractivity contribution in [2.75, 3.05) is 0 Å². The summed E-state index contributed by atoms with van der Waals surface area (Å²) >= 11 is 0. The molecule has 0 aliphatic rings. The third-order valence-corrected chi connectivity index (χ3v) is 2.33. The number of hydrogen-bond donors (Lipinski definition) is 1. The van der Waals surface area contributed by atoms with Crippen molar-refractivity contribution < 1.29 is 4.39 Å². The van der Waals surface area contributed by atoms with Crippen LogP contribution in [0.15, 0.2) is 18.2 Å². The highest BCUT2D eigenvalue weighted by molar-refractivity contribution is 5.32. The molecule has 82 valence electrons. The Kier molecular flexibility index (Phi) is 4.51. The van der Waals surface area contributed by atoms with Gasteiger partial charge in [0.25, 0.3) is 0 Å². The summed E-state index contributed by atoms with van der Waals surface area (Å²) in [5.41, 5.74) is 0.845. The maximum absolute atomic E-state index is 13.5. The van der Waals surface area contributed by atoms with Crippen molar-refractivity contribution in [2.24, 2.45) is 0 Å². The van der Waals surface area contributed by atoms with Gasteiger partial charge in [-0.1, -0.05) is 18.9 Å². The monoisotopic (exact) mass is 216 g/mol. The van der Waals surface area contributed by atoms with Crippen LogP contribution < -0.4 is 5.32 Å². The predicted octanol–water partition coefficient (Wildman–Crippen LogP) is 2.20. The number of nitriles is 1. The number of terminal acetylenes is 1. The highest BCUT2D eigenvalue weighted by Crippen LogP contribution is 2.10. The summed E-state index contributed by atoms with van der Waals surface area (Å²) in [6, 6.07) is 6.27. The number of hydrogen-bond acceptors (Lipinski definition) is 2. The summed E-state index contributed by atoms with van der Waals surface area (Å²) < 4.78 is 13.5. The molecule has 1 aromatic carbocycles. The van der Waals surface area contributed by atoms with Gasteiger partial charge in [0, 0.05) is 12.1 Å². The molecule has 0 saturated carbocycles. The van der Waals surface area contributed by atoms with Crippen molar-refractivity contribution in [3.63, 3.8) is 0 Å². The van der Waals surface area contributed by atoms with Crippen LogP contribution in [0.25, 0.3) is 0 Å². The zero-order valence-corrected chi connectivity index (χ0v) is 9.13. The van der Waals surface area contributed by atoms with Crippen LogP contribution in [-0.4, -0.2) is 6.04 Å². The fraction of sp³-hybridized carbons (Fsp3) is 0.308. The molecular formula is C13H13FN2. The summed E-state index contributed by atoms with van der Waals surface area (Å²) in [5, 5.41) is 11.6. The summed E-state index contributed by atoms with van der Waals surface area (Å²) in [4.78, 5) is 0. The van der Waals surface area contributed by atoms with Crippen molar-refractivity contribution >= 4 is 0 Å². The van der Waals surface area contributed by atoms with Crippen LogP contribution >= 0.6 is 0 Å². The largest absolute Gasteiger partial charge is 0.299 e. The van der Waals surface area contributed by atoms with Gasteiger partial charge in [-0.05, 0) is 18.6 Å². The van der Waals surface area contributed by atoms with E-state index in [9.17, 15) is 4.39 Å². The Balaban J connectivity index is 2.69. The number of rotatable bonds is 4. The van der Waals surface area contributed by atoms with Crippen LogP contribution in [0.1, 0.15) is 24.5 Å². The molecule has 0 spiro atoms. The van der Waals surface area contributed by atoms with E-state index in [1.807, 2.05) is 13.0 Å². The predicted molar refractivity (Wildman–Crippen MR) is 60.9 cm³/mol. The van der Waals surface area contributed by atoms with Crippen molar-refractivity contribution in [1.82, 2.24) is 5.32 Å². The first kappa shape index (κ1) is 12.2. The minimum atomic E-state index is -0.376. The minimum absolute atomic E-state index is 0.0463. The van der Waals surface area contributed by atoms with Crippen LogP contribution in [0.5, 0.6) is 0 Å². The number of benzene rings is 1. The fourth-order valence-corrected chi connectivity index (χ4v) is 1.31. The van der Waals surface area contributed by atoms with E-state index in [4.69, 9.17) is 11.7 Å². The average Bonchev–Trinajstić information content (AvgIpc) is 2.32. The summed E-state index contributed by atoms with van der Waals surface area (Å²) in [5.74, 6) is 2.20. The molecule has 0 saturated heterocycles. The van der Waals surface area contributed by atoms with E-state index >= 15 is 0 Å². The van der Waals surface area contributed by atoms with Crippen molar-refractivity contribution in [2.45, 2.75) is 25.9 Å². The van der Waals surface area contributed by atoms with Gasteiger partial charge in [-0.2, -0.15) is 5.26 Å². The first-order valence-electron chi connectivity index (χ1n) is 5.09. The lowest BCUT2D eigenvalue weighted by molar-refractivity contribution is 0.556. The second-order valence-corrected chi connectivity index (χ2v) is 3.43. The van der Waals surface area contributed by atoms with E-state index in [1.165, 1.54) is 6.07 Å². The molecule has 1 aromatic rings. The van der Waals surface area contributed by atoms with Crippen molar-refractivity contribution in [1.29, 1.82) is 5.26 Å². The highest BCUT2D eigenvalue weighted by atomic mass is 19.1. The van der Waals surface area contributed by atoms with Crippen LogP contribution in [-0.2, 0) is 6.54 Å². The Morgan fingerprint density at radius 1 is 1.56 bits per heavy atom. The average molecular weight is 216 g/mol. The number of nitrogens with zero attached hydrogens (tertiary/aromatic N) is 1. The zero-order chi connectivity index (χ0) is 12.0. The molecule has 1 atom stereocenters. The molecule has 16 heavy (non-hydrogen) atoms. The van der Waals surface area contributed by atoms with Gasteiger partial charge in [0.2, 0.25) is 0 Å². The van der Waals surface area contributed by atoms with E-state index in [0.717, 1.165) is 6.42 Å². The third-order valence-electron chi connectivity index (χ3n) is 2.33. The molecule has 3 heteroatoms. The van der Waals surface area contributed by atoms with E-state index in [0.29, 0.717) is 17.7 Å². The molecule has 1 unspecified atom stereocenters. The molecule has 0 heterocycles. The third kappa shape index (κ3) is 3.08. The van der Waals surface area contributed by atoms with E-state index < -0.39 is 0 Å². The van der Waals surface area contributed by atoms with Gasteiger partial charge in [0.1, 0.15) is 5.82 Å². The van der Waals surface area contributed by atoms with Gasteiger partial charge >= 0.3 is 0 Å². The molecule has 0 amide bonds. The Hall–Kier alpha value is -1.84. The molecule has 0 fully saturated rings. The van der Waals surface area contributed by atoms with Gasteiger partial charge in [0.05, 0.1) is 17.7 Å². The Bertz CT molecular complexity index is 440. The van der Waals surface area contributed by atoms with Gasteiger partial charge in [0.15, 0.2) is 0 Å². The molecule has 0 bridgehead atoms. The smallest absolute Gasteiger partial charge is 0.129 e. The normalized spacial score (nSPS) is 11.5. The van der Waals surface area contributed by atoms with Crippen LogP contribution in [0.3, 0.4) is 0 Å². The molecule has 1 N–H and O–H groups in total. The maximum atomic E-state index is 13.5. The Morgan fingerprint density at radius 3 is 2.81 bits per heavy atom. The number of nitrogens with one attached hydrogen (secondary N) is 1. The lowest BCUT2D eigenvalue weighted by Gasteiger charge is -2.10. The van der Waals surface area contributed by atoms with E-state index in [-0.39, 0.29) is 11.9 Å². The van der Waals surface area contributed by atoms with E-state index in [1.54, 1.807) is 12.1 Å². The lowest BCUT2D eigenvalue weighted by atomic mass is 10.1. The van der Waals surface area contributed by atoms with Crippen LogP contribution in [0, 0.1) is 29.5 Å². The summed E-state index contributed by atoms with van der Waals surface area (Å²) in [6.07, 6.45) is 6.08. The molecule has 0 aliphatic heterocycles. The molecule has 0 aromatic heterocycles. The van der Waals surface area contributed by atoms with Gasteiger partial charge < -0.3 is 0 Å². The molecule has 1 rings (SSSR count). The first-order valence-corrected chi connectivity index (χ1v) is 5.09. The quantitative estimate of drug-likeness (QED) is 0.783. The fourth-order valence-electron chi connectivity index (χ4n) is 1.31. The standard InChI is InChI=1S/C13H13FN2/c1-3-12(4-2)16-9-11-6-5-10(8-15)7-13(11)14/h1,5-7,12,16H,4,9H2,2H3. The number of halogens is 1. The molecule has 0 aliphatic carbocycles. The van der Waals surface area contributed by atoms with Crippen LogP contribution in [0.4, 0.5) is 4.39 Å². The summed E-state index contributed by atoms with van der Waals surface area (Å²) in [7, 11) is 0. The van der Waals surface area contributed by atoms with E-state index in [2.05, 4.69) is 11.2 Å². The Morgan fingerprint density at radius 2 is 2.31 bits per heavy atom.